The molecule has 0 unspecified atom stereocenters. The summed E-state index contributed by atoms with van der Waals surface area (Å²) in [7, 11) is 0. The third kappa shape index (κ3) is 18.7. The van der Waals surface area contributed by atoms with Crippen molar-refractivity contribution >= 4 is 53.9 Å². The van der Waals surface area contributed by atoms with E-state index >= 15 is 0 Å². The van der Waals surface area contributed by atoms with Gasteiger partial charge >= 0.3 is 0 Å². The van der Waals surface area contributed by atoms with Crippen LogP contribution in [-0.2, 0) is 138 Å². The SMILES string of the molecule is CCc1cc2cccc3c2c(n1)-c1[c-]cccc1C3(C)C.CCc1cc2ccccc2c(-c2[c-]cc(F)c(C)c2)n1.CCc1cc2ccccc2c(-c2[c-]cc(F)cc2)n1.CCc1cc2ccccc2c(-c2[c-]ccc(C#N)c2)n1.CCc1cc2ccccc2c(-c2[c-]ccc(F)c2)n1.[Ir].[Ir].[Ir].[Ir].[Ir]. The van der Waals surface area contributed by atoms with Crippen molar-refractivity contribution in [3.8, 4) is 62.4 Å². The Morgan fingerprint density at radius 3 is 1.21 bits per heavy atom. The molecule has 0 bridgehead atoms. The van der Waals surface area contributed by atoms with E-state index in [2.05, 4.69) is 186 Å². The number of nitriles is 1. The van der Waals surface area contributed by atoms with Crippen LogP contribution >= 0.6 is 0 Å². The number of aromatic nitrogens is 5. The average molecular weight is 2260 g/mol. The van der Waals surface area contributed by atoms with Gasteiger partial charge in [0, 0.05) is 146 Å². The van der Waals surface area contributed by atoms with Gasteiger partial charge in [-0.15, -0.1) is 149 Å². The van der Waals surface area contributed by atoms with Crippen LogP contribution in [0.1, 0.15) is 99.2 Å². The van der Waals surface area contributed by atoms with E-state index in [0.29, 0.717) is 16.7 Å². The second-order valence-corrected chi connectivity index (χ2v) is 24.8. The van der Waals surface area contributed by atoms with Gasteiger partial charge in [0.15, 0.2) is 0 Å². The Kier molecular flexibility index (Phi) is 30.5. The molecule has 0 saturated carbocycles. The second-order valence-electron chi connectivity index (χ2n) is 24.8. The first-order valence-corrected chi connectivity index (χ1v) is 33.6. The Morgan fingerprint density at radius 1 is 0.365 bits per heavy atom. The fraction of sp³-hybridized carbons (Fsp3) is 0.156. The number of halogens is 3. The van der Waals surface area contributed by atoms with Crippen LogP contribution in [0.4, 0.5) is 13.2 Å². The minimum atomic E-state index is -0.278. The van der Waals surface area contributed by atoms with Gasteiger partial charge in [-0.2, -0.15) is 5.26 Å². The van der Waals surface area contributed by atoms with E-state index in [9.17, 15) is 13.2 Å². The molecule has 10 aromatic carbocycles. The molecule has 5 heterocycles. The molecule has 0 amide bonds. The van der Waals surface area contributed by atoms with Gasteiger partial charge in [-0.3, -0.25) is 8.78 Å². The fourth-order valence-corrected chi connectivity index (χ4v) is 12.6. The Bertz CT molecular complexity index is 5510. The summed E-state index contributed by atoms with van der Waals surface area (Å²) < 4.78 is 39.8. The average Bonchev–Trinajstić information content (AvgIpc) is 0.718. The number of nitrogens with zero attached hydrogens (tertiary/aromatic N) is 6. The molecule has 0 N–H and O–H groups in total. The van der Waals surface area contributed by atoms with Crippen molar-refractivity contribution in [2.45, 2.75) is 92.9 Å². The van der Waals surface area contributed by atoms with Crippen molar-refractivity contribution < 1.29 is 114 Å². The molecule has 0 atom stereocenters. The number of fused-ring (bicyclic) bond motifs is 6. The molecule has 5 aromatic heterocycles. The number of rotatable bonds is 9. The third-order valence-corrected chi connectivity index (χ3v) is 17.9. The van der Waals surface area contributed by atoms with Crippen LogP contribution in [0.2, 0.25) is 0 Å². The van der Waals surface area contributed by atoms with E-state index in [0.717, 1.165) is 143 Å². The first-order chi connectivity index (χ1) is 48.2. The monoisotopic (exact) mass is 2260 g/mol. The molecule has 16 rings (SSSR count). The summed E-state index contributed by atoms with van der Waals surface area (Å²) in [5, 5.41) is 20.5. The molecule has 104 heavy (non-hydrogen) atoms. The van der Waals surface area contributed by atoms with Gasteiger partial charge in [-0.1, -0.05) is 176 Å². The number of aryl methyl sites for hydroxylation is 6. The molecule has 0 aliphatic heterocycles. The van der Waals surface area contributed by atoms with E-state index in [1.807, 2.05) is 84.9 Å². The van der Waals surface area contributed by atoms with Crippen molar-refractivity contribution in [3.05, 3.63) is 329 Å². The molecule has 5 radical (unpaired) electrons. The molecule has 14 heteroatoms. The van der Waals surface area contributed by atoms with Crippen molar-refractivity contribution in [2.75, 3.05) is 0 Å². The van der Waals surface area contributed by atoms with Gasteiger partial charge in [0.1, 0.15) is 0 Å². The minimum Gasteiger partial charge on any atom is -0.301 e. The van der Waals surface area contributed by atoms with Gasteiger partial charge in [-0.05, 0) is 161 Å². The molecule has 1 aliphatic rings. The summed E-state index contributed by atoms with van der Waals surface area (Å²) in [5.41, 5.74) is 18.2. The Morgan fingerprint density at radius 2 is 0.769 bits per heavy atom. The topological polar surface area (TPSA) is 88.2 Å². The van der Waals surface area contributed by atoms with Gasteiger partial charge in [0.25, 0.3) is 0 Å². The summed E-state index contributed by atoms with van der Waals surface area (Å²) in [5.74, 6) is -0.772. The molecule has 1 aliphatic carbocycles. The molecular formula is C90H72F3Ir5N6-5. The summed E-state index contributed by atoms with van der Waals surface area (Å²) in [6.45, 7) is 16.8. The zero-order valence-electron chi connectivity index (χ0n) is 58.5. The zero-order chi connectivity index (χ0) is 69.2. The predicted molar refractivity (Wildman–Crippen MR) is 398 cm³/mol. The summed E-state index contributed by atoms with van der Waals surface area (Å²) >= 11 is 0. The largest absolute Gasteiger partial charge is 0.301 e. The maximum absolute atomic E-state index is 13.4. The zero-order valence-corrected chi connectivity index (χ0v) is 70.4. The maximum Gasteiger partial charge on any atom is 0.0789 e. The van der Waals surface area contributed by atoms with Crippen LogP contribution in [0.3, 0.4) is 0 Å². The first kappa shape index (κ1) is 83.1. The normalized spacial score (nSPS) is 11.1. The van der Waals surface area contributed by atoms with Gasteiger partial charge < -0.3 is 24.9 Å². The predicted octanol–water partition coefficient (Wildman–Crippen LogP) is 22.5. The standard InChI is InChI=1S/C20H18N.C18H15FN.C18H13N2.2C17H13FN.5Ir/c1-4-14-12-13-8-7-11-17-18(13)19(21-14)15-9-5-6-10-16(15)20(17,2)3;1-3-15-11-13-6-4-5-7-16(13)18(20-15)14-8-9-17(19)12(2)10-14;1-2-16-11-14-7-3-4-9-17(14)18(20-16)15-8-5-6-13(10-15)12-19;1-2-15-11-12-6-3-4-9-16(12)17(19-15)13-7-5-8-14(18)10-13;1-2-15-11-13-5-3-4-6-16(13)17(19-15)12-7-9-14(18)10-8-12;;;;;/h5-8,10-12H,4H2,1-3H3;4-7,9-11H,3H2,1-2H3;3-7,9-11H,2H2,1H3;3-6,8-11H,2H2,1H3;3-7,9-11H,2H2,1H3;;;;;/q5*-1;;;;;. The summed E-state index contributed by atoms with van der Waals surface area (Å²) in [4.78, 5) is 23.7. The minimum absolute atomic E-state index is 0. The Hall–Kier alpha value is -8.22. The smallest absolute Gasteiger partial charge is 0.0789 e. The van der Waals surface area contributed by atoms with Crippen LogP contribution < -0.4 is 0 Å². The van der Waals surface area contributed by atoms with Crippen LogP contribution in [-0.4, -0.2) is 24.9 Å². The maximum atomic E-state index is 13.4. The first-order valence-electron chi connectivity index (χ1n) is 33.6. The van der Waals surface area contributed by atoms with Crippen molar-refractivity contribution in [1.29, 1.82) is 5.26 Å². The number of benzene rings is 10. The van der Waals surface area contributed by atoms with Crippen LogP contribution in [0.5, 0.6) is 0 Å². The van der Waals surface area contributed by atoms with Gasteiger partial charge in [-0.25, -0.2) is 4.39 Å². The van der Waals surface area contributed by atoms with Crippen molar-refractivity contribution in [1.82, 2.24) is 24.9 Å². The van der Waals surface area contributed by atoms with Crippen molar-refractivity contribution in [2.24, 2.45) is 0 Å². The van der Waals surface area contributed by atoms with E-state index in [4.69, 9.17) is 20.2 Å². The molecule has 0 fully saturated rings. The molecule has 0 spiro atoms. The Balaban J connectivity index is 0.000000180. The second kappa shape index (κ2) is 38.2. The van der Waals surface area contributed by atoms with E-state index < -0.39 is 0 Å². The molecular weight excluding hydrogens is 2180 g/mol. The summed E-state index contributed by atoms with van der Waals surface area (Å²) in [6.07, 6.45) is 4.44. The summed E-state index contributed by atoms with van der Waals surface area (Å²) in [6, 6.07) is 91.4. The number of hydrogen-bond donors (Lipinski definition) is 0. The number of pyridine rings is 5. The van der Waals surface area contributed by atoms with E-state index in [1.54, 1.807) is 31.2 Å². The fourth-order valence-electron chi connectivity index (χ4n) is 12.6. The van der Waals surface area contributed by atoms with Crippen molar-refractivity contribution in [3.63, 3.8) is 0 Å². The molecule has 15 aromatic rings. The van der Waals surface area contributed by atoms with Gasteiger partial charge in [0.05, 0.1) is 6.07 Å². The quantitative estimate of drug-likeness (QED) is 0.134. The molecule has 6 nitrogen and oxygen atoms in total. The molecule has 533 valence electrons. The van der Waals surface area contributed by atoms with E-state index in [1.165, 1.54) is 63.2 Å². The van der Waals surface area contributed by atoms with Crippen LogP contribution in [0, 0.1) is 66.0 Å². The molecule has 0 saturated heterocycles. The third-order valence-electron chi connectivity index (χ3n) is 17.9. The van der Waals surface area contributed by atoms with Crippen LogP contribution in [0.15, 0.2) is 231 Å². The Labute approximate surface area is 675 Å². The van der Waals surface area contributed by atoms with Crippen LogP contribution in [0.25, 0.3) is 110 Å². The van der Waals surface area contributed by atoms with Gasteiger partial charge in [0.2, 0.25) is 0 Å². The van der Waals surface area contributed by atoms with E-state index in [-0.39, 0.29) is 123 Å². The number of hydrogen-bond acceptors (Lipinski definition) is 6.